The molecule has 0 fully saturated rings. The van der Waals surface area contributed by atoms with Crippen LogP contribution in [0.4, 0.5) is 0 Å². The fourth-order valence-corrected chi connectivity index (χ4v) is 6.23. The molecule has 11 aromatic heterocycles. The molecule has 0 aliphatic carbocycles. The second-order valence-electron chi connectivity index (χ2n) is 21.5. The van der Waals surface area contributed by atoms with Crippen LogP contribution in [0, 0.1) is 104 Å². The number of pyridine rings is 4. The third kappa shape index (κ3) is 121. The number of aromatic nitrogens is 21. The van der Waals surface area contributed by atoms with E-state index in [4.69, 9.17) is 0 Å². The van der Waals surface area contributed by atoms with Crippen LogP contribution in [0.15, 0.2) is 331 Å². The Bertz CT molecular complexity index is 3130. The van der Waals surface area contributed by atoms with E-state index in [1.54, 1.807) is 123 Å². The Hall–Kier alpha value is -13.2. The van der Waals surface area contributed by atoms with Crippen LogP contribution in [0.25, 0.3) is 0 Å². The second-order valence-corrected chi connectivity index (χ2v) is 21.5. The van der Waals surface area contributed by atoms with E-state index in [2.05, 4.69) is 181 Å². The van der Waals surface area contributed by atoms with Crippen LogP contribution in [0.5, 0.6) is 0 Å². The highest BCUT2D eigenvalue weighted by Crippen LogP contribution is 1.97. The van der Waals surface area contributed by atoms with Gasteiger partial charge in [0.1, 0.15) is 78.7 Å². The van der Waals surface area contributed by atoms with Crippen LogP contribution >= 0.6 is 0 Å². The maximum absolute atomic E-state index is 3.87. The van der Waals surface area contributed by atoms with Crippen molar-refractivity contribution in [2.24, 2.45) is 0 Å². The molecular weight excluding hydrogens is 1570 g/mol. The average Bonchev–Trinajstić information content (AvgIpc) is 1.55. The minimum absolute atomic E-state index is 0.759. The zero-order chi connectivity index (χ0) is 98.7. The van der Waals surface area contributed by atoms with Crippen molar-refractivity contribution in [1.29, 1.82) is 0 Å². The summed E-state index contributed by atoms with van der Waals surface area (Å²) >= 11 is 0. The predicted octanol–water partition coefficient (Wildman–Crippen LogP) is 28.5. The van der Waals surface area contributed by atoms with Gasteiger partial charge in [0.25, 0.3) is 0 Å². The zero-order valence-electron chi connectivity index (χ0n) is 85.1. The SMILES string of the molecule is CC.CC.CC.CC.CC.CC.CC.CC.CC.CC.CC.Cc1ccccc1.Cc1ccccc1.Cc1ccccc1.Cc1ccccc1.Cc1ccncc1.Cc1ccncc1.Cc1ccncc1.Cc1ccncc1.Cc1ncccn1.Cc1ncccn1.Cc1ncccn1.Cc1ncccn1.Cc1ncncn1.Cc1ncncn1.Cc1ncncn1. The van der Waals surface area contributed by atoms with Crippen LogP contribution in [0.1, 0.15) is 238 Å². The minimum atomic E-state index is 0.759. The lowest BCUT2D eigenvalue weighted by Crippen LogP contribution is -1.84. The standard InChI is InChI=1S/4C7H8.4C6H7N.4C5H6N2.3C4H5N3.11C2H6/c4*1-7-5-3-2-4-6-7;4*1-6-2-4-7-5-3-6;4*1-5-6-3-2-4-7-5;3*1-4-6-2-5-3-7-4;11*1-2/h4*2-6H,1H3;4*2-5H,1H3;4*2-4H,1H3;3*2-3H,1H3;11*1-2H3. The van der Waals surface area contributed by atoms with E-state index < -0.39 is 0 Å². The van der Waals surface area contributed by atoms with Gasteiger partial charge in [-0.25, -0.2) is 84.7 Å². The van der Waals surface area contributed by atoms with Crippen molar-refractivity contribution in [1.82, 2.24) is 105 Å². The van der Waals surface area contributed by atoms with Gasteiger partial charge in [-0.2, -0.15) is 0 Å². The average molecular weight is 1730 g/mol. The smallest absolute Gasteiger partial charge is 0.128 e. The summed E-state index contributed by atoms with van der Waals surface area (Å²) in [5.41, 5.74) is 10.3. The molecule has 0 saturated carbocycles. The summed E-state index contributed by atoms with van der Waals surface area (Å²) in [7, 11) is 0. The molecule has 15 aromatic rings. The molecule has 0 N–H and O–H groups in total. The number of hydrogen-bond donors (Lipinski definition) is 0. The molecule has 0 atom stereocenters. The molecule has 0 saturated heterocycles. The third-order valence-corrected chi connectivity index (χ3v) is 11.8. The van der Waals surface area contributed by atoms with Crippen molar-refractivity contribution in [3.8, 4) is 0 Å². The summed E-state index contributed by atoms with van der Waals surface area (Å²) < 4.78 is 0. The van der Waals surface area contributed by atoms with E-state index in [0.717, 1.165) is 40.8 Å². The van der Waals surface area contributed by atoms with Gasteiger partial charge in [-0.3, -0.25) is 19.9 Å². The predicted molar refractivity (Wildman–Crippen MR) is 546 cm³/mol. The van der Waals surface area contributed by atoms with Gasteiger partial charge in [-0.05, 0) is 199 Å². The first kappa shape index (κ1) is 137. The summed E-state index contributed by atoms with van der Waals surface area (Å²) in [6.45, 7) is 73.4. The fourth-order valence-electron chi connectivity index (χ4n) is 6.23. The van der Waals surface area contributed by atoms with Gasteiger partial charge < -0.3 is 0 Å². The lowest BCUT2D eigenvalue weighted by Gasteiger charge is -1.82. The van der Waals surface area contributed by atoms with E-state index >= 15 is 0 Å². The largest absolute Gasteiger partial charge is 0.265 e. The third-order valence-electron chi connectivity index (χ3n) is 11.8. The maximum atomic E-state index is 3.87. The van der Waals surface area contributed by atoms with Crippen LogP contribution < -0.4 is 0 Å². The van der Waals surface area contributed by atoms with Crippen LogP contribution in [-0.2, 0) is 0 Å². The number of aryl methyl sites for hydroxylation is 15. The molecule has 21 nitrogen and oxygen atoms in total. The molecule has 0 radical (unpaired) electrons. The quantitative estimate of drug-likeness (QED) is 0.136. The number of nitrogens with zero attached hydrogens (tertiary/aromatic N) is 21. The monoisotopic (exact) mass is 1730 g/mol. The summed E-state index contributed by atoms with van der Waals surface area (Å²) in [6, 6.07) is 64.0. The number of hydrogen-bond acceptors (Lipinski definition) is 21. The molecule has 0 aliphatic heterocycles. The van der Waals surface area contributed by atoms with Gasteiger partial charge in [-0.1, -0.05) is 296 Å². The highest BCUT2D eigenvalue weighted by Gasteiger charge is 1.83. The van der Waals surface area contributed by atoms with Crippen LogP contribution in [-0.4, -0.2) is 105 Å². The van der Waals surface area contributed by atoms with E-state index in [9.17, 15) is 0 Å². The first-order valence-corrected chi connectivity index (χ1v) is 44.1. The maximum Gasteiger partial charge on any atom is 0.128 e. The first-order chi connectivity index (χ1) is 61.9. The van der Waals surface area contributed by atoms with Gasteiger partial charge in [0.15, 0.2) is 0 Å². The lowest BCUT2D eigenvalue weighted by atomic mass is 10.2. The molecule has 0 bridgehead atoms. The molecule has 127 heavy (non-hydrogen) atoms. The molecule has 0 aliphatic rings. The second kappa shape index (κ2) is 124. The summed E-state index contributed by atoms with van der Waals surface area (Å²) in [5, 5.41) is 0. The summed E-state index contributed by atoms with van der Waals surface area (Å²) in [5.74, 6) is 5.56. The summed E-state index contributed by atoms with van der Waals surface area (Å²) in [4.78, 5) is 79.7. The van der Waals surface area contributed by atoms with E-state index in [0.29, 0.717) is 0 Å². The zero-order valence-corrected chi connectivity index (χ0v) is 85.1. The van der Waals surface area contributed by atoms with Crippen LogP contribution in [0.2, 0.25) is 0 Å². The molecule has 21 heteroatoms. The Balaban J connectivity index is -0.000000124. The molecule has 15 rings (SSSR count). The highest BCUT2D eigenvalue weighted by molar-refractivity contribution is 5.15. The van der Waals surface area contributed by atoms with Gasteiger partial charge in [0, 0.05) is 99.1 Å². The van der Waals surface area contributed by atoms with E-state index in [1.165, 1.54) is 82.5 Å². The highest BCUT2D eigenvalue weighted by atomic mass is 15.0. The van der Waals surface area contributed by atoms with Crippen molar-refractivity contribution in [2.75, 3.05) is 0 Å². The topological polar surface area (TPSA) is 271 Å². The Morgan fingerprint density at radius 2 is 0.220 bits per heavy atom. The van der Waals surface area contributed by atoms with Crippen molar-refractivity contribution < 1.29 is 0 Å². The first-order valence-electron chi connectivity index (χ1n) is 44.1. The number of rotatable bonds is 0. The molecule has 4 aromatic carbocycles. The lowest BCUT2D eigenvalue weighted by molar-refractivity contribution is 0.973. The van der Waals surface area contributed by atoms with Crippen molar-refractivity contribution in [3.63, 3.8) is 0 Å². The Labute approximate surface area is 772 Å². The van der Waals surface area contributed by atoms with E-state index in [1.807, 2.05) is 350 Å². The molecule has 0 unspecified atom stereocenters. The van der Waals surface area contributed by atoms with Crippen molar-refractivity contribution in [2.45, 2.75) is 256 Å². The fraction of sp³-hybridized carbons (Fsp3) is 0.349. The normalized spacial score (nSPS) is 7.72. The van der Waals surface area contributed by atoms with Crippen molar-refractivity contribution >= 4 is 0 Å². The minimum Gasteiger partial charge on any atom is -0.265 e. The number of benzene rings is 4. The molecule has 11 heterocycles. The van der Waals surface area contributed by atoms with Gasteiger partial charge in [-0.15, -0.1) is 0 Å². The Morgan fingerprint density at radius 3 is 0.283 bits per heavy atom. The van der Waals surface area contributed by atoms with Gasteiger partial charge in [0.2, 0.25) is 0 Å². The van der Waals surface area contributed by atoms with Gasteiger partial charge in [0.05, 0.1) is 0 Å². The molecule has 0 amide bonds. The molecule has 694 valence electrons. The van der Waals surface area contributed by atoms with Gasteiger partial charge >= 0.3 is 0 Å². The van der Waals surface area contributed by atoms with Crippen LogP contribution in [0.3, 0.4) is 0 Å². The van der Waals surface area contributed by atoms with Crippen molar-refractivity contribution in [3.05, 3.63) is 417 Å². The Kier molecular flexibility index (Phi) is 133. The Morgan fingerprint density at radius 1 is 0.110 bits per heavy atom. The summed E-state index contributed by atoms with van der Waals surface area (Å²) in [6.07, 6.45) is 36.9. The molecular formula is C106H165N21. The van der Waals surface area contributed by atoms with E-state index in [-0.39, 0.29) is 0 Å². The molecule has 0 spiro atoms.